The minimum atomic E-state index is 0.0201. The lowest BCUT2D eigenvalue weighted by Gasteiger charge is -2.53. The Morgan fingerprint density at radius 3 is 2.69 bits per heavy atom. The highest BCUT2D eigenvalue weighted by Gasteiger charge is 2.49. The maximum Gasteiger partial charge on any atom is 0.251 e. The largest absolute Gasteiger partial charge is 0.361 e. The number of piperidine rings is 1. The first-order valence-corrected chi connectivity index (χ1v) is 14.9. The molecule has 202 valence electrons. The molecule has 1 spiro atoms. The van der Waals surface area contributed by atoms with Gasteiger partial charge < -0.3 is 15.6 Å². The second-order valence-electron chi connectivity index (χ2n) is 12.8. The molecule has 6 nitrogen and oxygen atoms in total. The average molecular weight is 522 g/mol. The molecule has 2 aromatic carbocycles. The Morgan fingerprint density at radius 1 is 1.15 bits per heavy atom. The molecule has 39 heavy (non-hydrogen) atoms. The summed E-state index contributed by atoms with van der Waals surface area (Å²) in [5.74, 6) is 0.932. The maximum absolute atomic E-state index is 12.9. The molecule has 1 amide bonds. The molecule has 6 heteroatoms. The fourth-order valence-corrected chi connectivity index (χ4v) is 7.68. The van der Waals surface area contributed by atoms with Crippen LogP contribution < -0.4 is 10.6 Å². The van der Waals surface area contributed by atoms with E-state index in [9.17, 15) is 10.1 Å². The molecule has 3 heterocycles. The van der Waals surface area contributed by atoms with Crippen LogP contribution in [0.3, 0.4) is 0 Å². The number of hydrogen-bond acceptors (Lipinski definition) is 4. The lowest BCUT2D eigenvalue weighted by atomic mass is 9.56. The van der Waals surface area contributed by atoms with Crippen LogP contribution in [-0.2, 0) is 6.54 Å². The van der Waals surface area contributed by atoms with Gasteiger partial charge in [-0.05, 0) is 117 Å². The SMILES string of the molecule is Cc1cc(C2CC2)c(CN2CCC3(CC(C#N)C3)C[C@H]2c2ccc(C(=O)NC3CCNC3)cc2)c2cc[nH]c12. The summed E-state index contributed by atoms with van der Waals surface area (Å²) in [4.78, 5) is 19.0. The zero-order chi connectivity index (χ0) is 26.6. The molecule has 3 N–H and O–H groups in total. The number of nitrogens with zero attached hydrogens (tertiary/aromatic N) is 2. The van der Waals surface area contributed by atoms with Crippen molar-refractivity contribution in [3.8, 4) is 6.07 Å². The van der Waals surface area contributed by atoms with Gasteiger partial charge in [0.1, 0.15) is 0 Å². The summed E-state index contributed by atoms with van der Waals surface area (Å²) in [6.07, 6.45) is 9.98. The van der Waals surface area contributed by atoms with Crippen LogP contribution in [0.4, 0.5) is 0 Å². The van der Waals surface area contributed by atoms with Crippen LogP contribution in [0, 0.1) is 29.6 Å². The van der Waals surface area contributed by atoms with Gasteiger partial charge in [-0.15, -0.1) is 0 Å². The minimum Gasteiger partial charge on any atom is -0.361 e. The third-order valence-corrected chi connectivity index (χ3v) is 10.1. The molecule has 2 aliphatic heterocycles. The normalized spacial score (nSPS) is 28.9. The van der Waals surface area contributed by atoms with Crippen LogP contribution in [0.1, 0.15) is 89.5 Å². The van der Waals surface area contributed by atoms with Crippen LogP contribution in [0.2, 0.25) is 0 Å². The van der Waals surface area contributed by atoms with Crippen molar-refractivity contribution in [2.45, 2.75) is 76.4 Å². The fourth-order valence-electron chi connectivity index (χ4n) is 7.68. The van der Waals surface area contributed by atoms with Gasteiger partial charge in [0.25, 0.3) is 5.91 Å². The molecule has 2 aliphatic carbocycles. The van der Waals surface area contributed by atoms with Gasteiger partial charge in [-0.1, -0.05) is 18.2 Å². The van der Waals surface area contributed by atoms with Crippen LogP contribution in [0.5, 0.6) is 0 Å². The standard InChI is InChI=1S/C33H39N5O/c1-21-14-28(23-2-3-23)29(27-9-12-36-31(21)27)20-38-13-10-33(15-22(16-33)18-34)17-30(38)24-4-6-25(7-5-24)32(39)37-26-8-11-35-19-26/h4-7,9,12,14,22-23,26,30,35-36H,2-3,8,10-11,13,15-17,19-20H2,1H3,(H,37,39)/t22?,26?,30-,33?/m0/s1. The van der Waals surface area contributed by atoms with Crippen LogP contribution in [-0.4, -0.2) is 41.5 Å². The molecule has 0 radical (unpaired) electrons. The van der Waals surface area contributed by atoms with Gasteiger partial charge in [-0.25, -0.2) is 0 Å². The van der Waals surface area contributed by atoms with E-state index in [0.29, 0.717) is 5.92 Å². The number of aromatic nitrogens is 1. The third-order valence-electron chi connectivity index (χ3n) is 10.1. The van der Waals surface area contributed by atoms with E-state index in [1.807, 2.05) is 12.1 Å². The Morgan fingerprint density at radius 2 is 1.97 bits per heavy atom. The number of amides is 1. The van der Waals surface area contributed by atoms with E-state index in [1.54, 1.807) is 5.56 Å². The van der Waals surface area contributed by atoms with E-state index in [2.05, 4.69) is 64.0 Å². The van der Waals surface area contributed by atoms with Crippen molar-refractivity contribution in [3.63, 3.8) is 0 Å². The molecule has 2 saturated heterocycles. The molecular weight excluding hydrogens is 482 g/mol. The summed E-state index contributed by atoms with van der Waals surface area (Å²) in [6, 6.07) is 16.1. The monoisotopic (exact) mass is 521 g/mol. The lowest BCUT2D eigenvalue weighted by Crippen LogP contribution is -2.48. The Bertz CT molecular complexity index is 1420. The van der Waals surface area contributed by atoms with Crippen molar-refractivity contribution in [3.05, 3.63) is 70.4 Å². The van der Waals surface area contributed by atoms with Crippen molar-refractivity contribution in [2.75, 3.05) is 19.6 Å². The first kappa shape index (κ1) is 24.9. The molecule has 2 saturated carbocycles. The van der Waals surface area contributed by atoms with Gasteiger partial charge >= 0.3 is 0 Å². The topological polar surface area (TPSA) is 83.9 Å². The number of fused-ring (bicyclic) bond motifs is 1. The predicted molar refractivity (Wildman–Crippen MR) is 153 cm³/mol. The summed E-state index contributed by atoms with van der Waals surface area (Å²) >= 11 is 0. The first-order chi connectivity index (χ1) is 19.0. The van der Waals surface area contributed by atoms with Crippen molar-refractivity contribution in [1.82, 2.24) is 20.5 Å². The maximum atomic E-state index is 12.9. The Labute approximate surface area is 231 Å². The van der Waals surface area contributed by atoms with Gasteiger partial charge in [0, 0.05) is 53.8 Å². The third kappa shape index (κ3) is 4.66. The zero-order valence-electron chi connectivity index (χ0n) is 22.9. The van der Waals surface area contributed by atoms with E-state index in [-0.39, 0.29) is 29.3 Å². The molecule has 0 bridgehead atoms. The van der Waals surface area contributed by atoms with Gasteiger partial charge in [0.05, 0.1) is 6.07 Å². The van der Waals surface area contributed by atoms with Gasteiger partial charge in [0.15, 0.2) is 0 Å². The summed E-state index contributed by atoms with van der Waals surface area (Å²) in [5.41, 5.74) is 7.95. The summed E-state index contributed by atoms with van der Waals surface area (Å²) in [5, 5.41) is 17.4. The van der Waals surface area contributed by atoms with Crippen molar-refractivity contribution in [1.29, 1.82) is 5.26 Å². The Kier molecular flexibility index (Phi) is 6.25. The van der Waals surface area contributed by atoms with Crippen LogP contribution in [0.15, 0.2) is 42.6 Å². The fraction of sp³-hybridized carbons (Fsp3) is 0.515. The number of H-pyrrole nitrogens is 1. The number of carbonyl (C=O) groups is 1. The molecule has 3 aromatic rings. The van der Waals surface area contributed by atoms with E-state index >= 15 is 0 Å². The molecule has 1 aromatic heterocycles. The van der Waals surface area contributed by atoms with Crippen LogP contribution in [0.25, 0.3) is 10.9 Å². The quantitative estimate of drug-likeness (QED) is 0.388. The molecule has 4 aliphatic rings. The van der Waals surface area contributed by atoms with Gasteiger partial charge in [-0.2, -0.15) is 5.26 Å². The van der Waals surface area contributed by atoms with E-state index in [1.165, 1.54) is 46.9 Å². The number of nitrogens with one attached hydrogen (secondary N) is 3. The number of aromatic amines is 1. The number of rotatable bonds is 6. The average Bonchev–Trinajstić information content (AvgIpc) is 3.41. The van der Waals surface area contributed by atoms with Gasteiger partial charge in [0.2, 0.25) is 0 Å². The molecule has 1 unspecified atom stereocenters. The smallest absolute Gasteiger partial charge is 0.251 e. The van der Waals surface area contributed by atoms with Crippen molar-refractivity contribution >= 4 is 16.8 Å². The zero-order valence-corrected chi connectivity index (χ0v) is 22.9. The summed E-state index contributed by atoms with van der Waals surface area (Å²) < 4.78 is 0. The number of benzene rings is 2. The highest BCUT2D eigenvalue weighted by molar-refractivity contribution is 5.94. The molecule has 4 fully saturated rings. The molecule has 2 atom stereocenters. The number of carbonyl (C=O) groups excluding carboxylic acids is 1. The van der Waals surface area contributed by atoms with Crippen LogP contribution >= 0.6 is 0 Å². The predicted octanol–water partition coefficient (Wildman–Crippen LogP) is 5.70. The highest BCUT2D eigenvalue weighted by atomic mass is 16.1. The van der Waals surface area contributed by atoms with E-state index in [0.717, 1.165) is 57.4 Å². The second-order valence-corrected chi connectivity index (χ2v) is 12.8. The van der Waals surface area contributed by atoms with E-state index in [4.69, 9.17) is 0 Å². The Balaban J connectivity index is 1.18. The molecule has 7 rings (SSSR count). The first-order valence-electron chi connectivity index (χ1n) is 14.9. The van der Waals surface area contributed by atoms with E-state index < -0.39 is 0 Å². The minimum absolute atomic E-state index is 0.0201. The van der Waals surface area contributed by atoms with Gasteiger partial charge in [-0.3, -0.25) is 9.69 Å². The highest BCUT2D eigenvalue weighted by Crippen LogP contribution is 2.57. The molecular formula is C33H39N5O. The summed E-state index contributed by atoms with van der Waals surface area (Å²) in [7, 11) is 0. The summed E-state index contributed by atoms with van der Waals surface area (Å²) in [6.45, 7) is 6.03. The van der Waals surface area contributed by atoms with Crippen molar-refractivity contribution in [2.24, 2.45) is 11.3 Å². The Hall–Kier alpha value is -3.14. The number of aryl methyl sites for hydroxylation is 1. The number of nitriles is 1. The van der Waals surface area contributed by atoms with Crippen molar-refractivity contribution < 1.29 is 4.79 Å². The number of hydrogen-bond donors (Lipinski definition) is 3. The lowest BCUT2D eigenvalue weighted by molar-refractivity contribution is -0.0297. The number of likely N-dealkylation sites (tertiary alicyclic amines) is 1. The second kappa shape index (κ2) is 9.80.